The molecule has 1 aliphatic heterocycles. The second kappa shape index (κ2) is 6.17. The van der Waals surface area contributed by atoms with Crippen LogP contribution in [0.25, 0.3) is 0 Å². The number of nitrogens with two attached hydrogens (primary N) is 1. The monoisotopic (exact) mass is 239 g/mol. The van der Waals surface area contributed by atoms with Gasteiger partial charge in [-0.1, -0.05) is 13.3 Å². The van der Waals surface area contributed by atoms with Crippen molar-refractivity contribution < 1.29 is 0 Å². The van der Waals surface area contributed by atoms with Gasteiger partial charge in [0.2, 0.25) is 0 Å². The Morgan fingerprint density at radius 3 is 2.12 bits per heavy atom. The zero-order valence-corrected chi connectivity index (χ0v) is 11.6. The summed E-state index contributed by atoms with van der Waals surface area (Å²) in [6.07, 6.45) is 5.51. The van der Waals surface area contributed by atoms with E-state index in [4.69, 9.17) is 5.73 Å². The maximum Gasteiger partial charge on any atom is 0.0247 e. The molecule has 0 aromatic rings. The molecule has 1 saturated carbocycles. The molecule has 17 heavy (non-hydrogen) atoms. The molecule has 2 N–H and O–H groups in total. The van der Waals surface area contributed by atoms with Crippen molar-refractivity contribution >= 4 is 0 Å². The van der Waals surface area contributed by atoms with Gasteiger partial charge in [-0.15, -0.1) is 0 Å². The maximum atomic E-state index is 5.98. The molecule has 1 saturated heterocycles. The highest BCUT2D eigenvalue weighted by molar-refractivity contribution is 4.88. The van der Waals surface area contributed by atoms with E-state index in [2.05, 4.69) is 23.6 Å². The summed E-state index contributed by atoms with van der Waals surface area (Å²) in [6.45, 7) is 10.4. The molecule has 1 heterocycles. The van der Waals surface area contributed by atoms with E-state index in [1.165, 1.54) is 51.9 Å². The van der Waals surface area contributed by atoms with Crippen molar-refractivity contribution in [1.82, 2.24) is 9.80 Å². The van der Waals surface area contributed by atoms with E-state index in [-0.39, 0.29) is 0 Å². The number of hydrogen-bond donors (Lipinski definition) is 1. The third-order valence-electron chi connectivity index (χ3n) is 4.97. The van der Waals surface area contributed by atoms with Gasteiger partial charge in [0, 0.05) is 44.8 Å². The molecule has 0 radical (unpaired) electrons. The Kier molecular flexibility index (Phi) is 4.83. The molecule has 2 unspecified atom stereocenters. The summed E-state index contributed by atoms with van der Waals surface area (Å²) in [5, 5.41) is 0. The second-order valence-electron chi connectivity index (χ2n) is 5.82. The third kappa shape index (κ3) is 3.01. The number of rotatable bonds is 5. The Morgan fingerprint density at radius 2 is 1.71 bits per heavy atom. The molecule has 3 heteroatoms. The van der Waals surface area contributed by atoms with Crippen LogP contribution in [-0.2, 0) is 0 Å². The molecule has 3 nitrogen and oxygen atoms in total. The lowest BCUT2D eigenvalue weighted by molar-refractivity contribution is 0.0366. The van der Waals surface area contributed by atoms with E-state index < -0.39 is 0 Å². The Balaban J connectivity index is 1.80. The van der Waals surface area contributed by atoms with Crippen molar-refractivity contribution in [3.63, 3.8) is 0 Å². The standard InChI is InChI=1S/C14H29N3/c1-3-12(2)16-7-9-17(10-8-16)14(11-15)13-5-4-6-13/h12-14H,3-11,15H2,1-2H3. The smallest absolute Gasteiger partial charge is 0.0247 e. The Morgan fingerprint density at radius 1 is 1.12 bits per heavy atom. The summed E-state index contributed by atoms with van der Waals surface area (Å²) < 4.78 is 0. The summed E-state index contributed by atoms with van der Waals surface area (Å²) in [5.41, 5.74) is 5.98. The fourth-order valence-corrected chi connectivity index (χ4v) is 3.23. The van der Waals surface area contributed by atoms with Crippen LogP contribution in [0.2, 0.25) is 0 Å². The minimum Gasteiger partial charge on any atom is -0.329 e. The van der Waals surface area contributed by atoms with Gasteiger partial charge in [-0.05, 0) is 32.1 Å². The van der Waals surface area contributed by atoms with E-state index in [0.717, 1.165) is 18.5 Å². The third-order valence-corrected chi connectivity index (χ3v) is 4.97. The van der Waals surface area contributed by atoms with Crippen LogP contribution in [0.3, 0.4) is 0 Å². The predicted octanol–water partition coefficient (Wildman–Crippen LogP) is 1.53. The molecular weight excluding hydrogens is 210 g/mol. The highest BCUT2D eigenvalue weighted by atomic mass is 15.3. The van der Waals surface area contributed by atoms with Crippen molar-refractivity contribution in [2.45, 2.75) is 51.6 Å². The topological polar surface area (TPSA) is 32.5 Å². The van der Waals surface area contributed by atoms with Gasteiger partial charge in [0.15, 0.2) is 0 Å². The molecule has 2 rings (SSSR count). The number of nitrogens with zero attached hydrogens (tertiary/aromatic N) is 2. The lowest BCUT2D eigenvalue weighted by atomic mass is 9.79. The van der Waals surface area contributed by atoms with Gasteiger partial charge in [-0.3, -0.25) is 9.80 Å². The molecule has 0 aromatic carbocycles. The Bertz CT molecular complexity index is 220. The summed E-state index contributed by atoms with van der Waals surface area (Å²) in [6, 6.07) is 1.42. The van der Waals surface area contributed by atoms with Crippen molar-refractivity contribution in [3.8, 4) is 0 Å². The van der Waals surface area contributed by atoms with Gasteiger partial charge in [0.25, 0.3) is 0 Å². The predicted molar refractivity (Wildman–Crippen MR) is 73.1 cm³/mol. The summed E-state index contributed by atoms with van der Waals surface area (Å²) in [7, 11) is 0. The van der Waals surface area contributed by atoms with Crippen LogP contribution in [0.5, 0.6) is 0 Å². The van der Waals surface area contributed by atoms with Crippen molar-refractivity contribution in [1.29, 1.82) is 0 Å². The molecule has 1 aliphatic carbocycles. The Labute approximate surface area is 106 Å². The lowest BCUT2D eigenvalue weighted by Crippen LogP contribution is -2.56. The fraction of sp³-hybridized carbons (Fsp3) is 1.00. The molecule has 0 spiro atoms. The largest absolute Gasteiger partial charge is 0.329 e. The van der Waals surface area contributed by atoms with Crippen LogP contribution in [0.1, 0.15) is 39.5 Å². The van der Waals surface area contributed by atoms with Gasteiger partial charge in [0.05, 0.1) is 0 Å². The summed E-state index contributed by atoms with van der Waals surface area (Å²) >= 11 is 0. The van der Waals surface area contributed by atoms with Crippen LogP contribution < -0.4 is 5.73 Å². The first-order valence-electron chi connectivity index (χ1n) is 7.44. The number of piperazine rings is 1. The summed E-state index contributed by atoms with van der Waals surface area (Å²) in [4.78, 5) is 5.29. The van der Waals surface area contributed by atoms with Crippen LogP contribution in [-0.4, -0.2) is 54.6 Å². The second-order valence-corrected chi connectivity index (χ2v) is 5.82. The normalized spacial score (nSPS) is 27.7. The Hall–Kier alpha value is -0.120. The number of hydrogen-bond acceptors (Lipinski definition) is 3. The van der Waals surface area contributed by atoms with Crippen molar-refractivity contribution in [2.24, 2.45) is 11.7 Å². The first-order chi connectivity index (χ1) is 8.26. The van der Waals surface area contributed by atoms with Gasteiger partial charge in [-0.2, -0.15) is 0 Å². The maximum absolute atomic E-state index is 5.98. The average Bonchev–Trinajstić information content (AvgIpc) is 2.32. The molecule has 0 bridgehead atoms. The molecule has 0 amide bonds. The highest BCUT2D eigenvalue weighted by Crippen LogP contribution is 2.32. The van der Waals surface area contributed by atoms with Gasteiger partial charge in [-0.25, -0.2) is 0 Å². The van der Waals surface area contributed by atoms with Gasteiger partial charge >= 0.3 is 0 Å². The molecule has 0 aromatic heterocycles. The quantitative estimate of drug-likeness (QED) is 0.790. The summed E-state index contributed by atoms with van der Waals surface area (Å²) in [5.74, 6) is 0.898. The molecule has 2 fully saturated rings. The van der Waals surface area contributed by atoms with Crippen molar-refractivity contribution in [2.75, 3.05) is 32.7 Å². The molecule has 2 aliphatic rings. The lowest BCUT2D eigenvalue weighted by Gasteiger charge is -2.45. The van der Waals surface area contributed by atoms with E-state index in [1.54, 1.807) is 0 Å². The molecule has 100 valence electrons. The van der Waals surface area contributed by atoms with Crippen LogP contribution >= 0.6 is 0 Å². The van der Waals surface area contributed by atoms with E-state index in [9.17, 15) is 0 Å². The minimum atomic E-state index is 0.669. The van der Waals surface area contributed by atoms with Crippen molar-refractivity contribution in [3.05, 3.63) is 0 Å². The van der Waals surface area contributed by atoms with Crippen LogP contribution in [0, 0.1) is 5.92 Å². The van der Waals surface area contributed by atoms with Gasteiger partial charge < -0.3 is 5.73 Å². The van der Waals surface area contributed by atoms with Crippen LogP contribution in [0.15, 0.2) is 0 Å². The van der Waals surface area contributed by atoms with Crippen LogP contribution in [0.4, 0.5) is 0 Å². The van der Waals surface area contributed by atoms with E-state index in [0.29, 0.717) is 6.04 Å². The van der Waals surface area contributed by atoms with E-state index in [1.807, 2.05) is 0 Å². The minimum absolute atomic E-state index is 0.669. The highest BCUT2D eigenvalue weighted by Gasteiger charge is 2.32. The SMILES string of the molecule is CCC(C)N1CCN(C(CN)C2CCC2)CC1. The zero-order valence-electron chi connectivity index (χ0n) is 11.6. The fourth-order valence-electron chi connectivity index (χ4n) is 3.23. The first kappa shape index (κ1) is 13.3. The first-order valence-corrected chi connectivity index (χ1v) is 7.44. The zero-order chi connectivity index (χ0) is 12.3. The van der Waals surface area contributed by atoms with Gasteiger partial charge in [0.1, 0.15) is 0 Å². The average molecular weight is 239 g/mol. The molecular formula is C14H29N3. The molecule has 2 atom stereocenters. The van der Waals surface area contributed by atoms with E-state index >= 15 is 0 Å².